The number of ether oxygens (including phenoxy) is 1. The zero-order valence-electron chi connectivity index (χ0n) is 14.7. The predicted octanol–water partition coefficient (Wildman–Crippen LogP) is 3.69. The minimum Gasteiger partial charge on any atom is -0.373 e. The van der Waals surface area contributed by atoms with Crippen molar-refractivity contribution in [3.63, 3.8) is 0 Å². The zero-order chi connectivity index (χ0) is 17.1. The van der Waals surface area contributed by atoms with Gasteiger partial charge in [0.05, 0.1) is 11.0 Å². The van der Waals surface area contributed by atoms with Crippen LogP contribution in [-0.2, 0) is 4.74 Å². The first-order valence-corrected chi connectivity index (χ1v) is 11.6. The Morgan fingerprint density at radius 2 is 1.92 bits per heavy atom. The quantitative estimate of drug-likeness (QED) is 0.865. The first-order chi connectivity index (χ1) is 12.3. The number of nitrogens with zero attached hydrogens (tertiary/aromatic N) is 1. The van der Waals surface area contributed by atoms with E-state index in [0.29, 0.717) is 6.04 Å². The Labute approximate surface area is 158 Å². The van der Waals surface area contributed by atoms with Crippen LogP contribution in [0.2, 0.25) is 0 Å². The number of amides is 1. The van der Waals surface area contributed by atoms with E-state index in [1.165, 1.54) is 29.2 Å². The van der Waals surface area contributed by atoms with Gasteiger partial charge in [0.15, 0.2) is 0 Å². The van der Waals surface area contributed by atoms with Crippen LogP contribution in [0.25, 0.3) is 0 Å². The molecule has 1 amide bonds. The fourth-order valence-corrected chi connectivity index (χ4v) is 6.24. The molecule has 0 bridgehead atoms. The van der Waals surface area contributed by atoms with Crippen molar-refractivity contribution in [3.8, 4) is 0 Å². The lowest BCUT2D eigenvalue weighted by atomic mass is 10.0. The third-order valence-corrected chi connectivity index (χ3v) is 7.89. The summed E-state index contributed by atoms with van der Waals surface area (Å²) in [6.07, 6.45) is 7.26. The molecule has 25 heavy (non-hydrogen) atoms. The van der Waals surface area contributed by atoms with Gasteiger partial charge >= 0.3 is 0 Å². The molecule has 3 aliphatic heterocycles. The maximum absolute atomic E-state index is 12.6. The van der Waals surface area contributed by atoms with Gasteiger partial charge in [-0.3, -0.25) is 4.79 Å². The molecule has 4 rings (SSSR count). The maximum atomic E-state index is 12.6. The second-order valence-corrected chi connectivity index (χ2v) is 9.67. The van der Waals surface area contributed by atoms with Crippen molar-refractivity contribution in [2.24, 2.45) is 0 Å². The molecule has 1 atom stereocenters. The van der Waals surface area contributed by atoms with Gasteiger partial charge in [0, 0.05) is 36.7 Å². The highest BCUT2D eigenvalue weighted by molar-refractivity contribution is 7.99. The van der Waals surface area contributed by atoms with E-state index in [9.17, 15) is 4.79 Å². The molecule has 1 N–H and O–H groups in total. The monoisotopic (exact) mass is 380 g/mol. The Morgan fingerprint density at radius 1 is 1.12 bits per heavy atom. The third-order valence-electron chi connectivity index (χ3n) is 5.67. The van der Waals surface area contributed by atoms with E-state index in [1.807, 2.05) is 6.07 Å². The maximum Gasteiger partial charge on any atom is 0.261 e. The average Bonchev–Trinajstić information content (AvgIpc) is 3.35. The normalized spacial score (nSPS) is 26.8. The number of thiophene rings is 1. The fourth-order valence-electron chi connectivity index (χ4n) is 4.17. The van der Waals surface area contributed by atoms with Crippen LogP contribution in [0.15, 0.2) is 12.1 Å². The second kappa shape index (κ2) is 8.42. The zero-order valence-corrected chi connectivity index (χ0v) is 16.4. The molecule has 0 aliphatic carbocycles. The molecule has 4 heterocycles. The molecule has 6 heteroatoms. The van der Waals surface area contributed by atoms with Crippen molar-refractivity contribution in [1.29, 1.82) is 0 Å². The van der Waals surface area contributed by atoms with E-state index in [0.717, 1.165) is 56.3 Å². The van der Waals surface area contributed by atoms with Crippen LogP contribution in [0.5, 0.6) is 0 Å². The summed E-state index contributed by atoms with van der Waals surface area (Å²) in [5.74, 6) is 2.72. The van der Waals surface area contributed by atoms with Gasteiger partial charge in [-0.15, -0.1) is 11.3 Å². The lowest BCUT2D eigenvalue weighted by Crippen LogP contribution is -2.48. The second-order valence-electron chi connectivity index (χ2n) is 7.33. The molecule has 1 aromatic rings. The van der Waals surface area contributed by atoms with E-state index in [4.69, 9.17) is 4.74 Å². The Kier molecular flexibility index (Phi) is 6.01. The van der Waals surface area contributed by atoms with Crippen LogP contribution in [0.1, 0.15) is 59.2 Å². The molecule has 1 aromatic heterocycles. The summed E-state index contributed by atoms with van der Waals surface area (Å²) < 4.78 is 5.72. The average molecular weight is 381 g/mol. The number of carbonyl (C=O) groups excluding carboxylic acids is 1. The Balaban J connectivity index is 1.26. The molecule has 0 spiro atoms. The lowest BCUT2D eigenvalue weighted by molar-refractivity contribution is 0.0890. The van der Waals surface area contributed by atoms with E-state index in [2.05, 4.69) is 28.0 Å². The van der Waals surface area contributed by atoms with Crippen molar-refractivity contribution in [3.05, 3.63) is 21.9 Å². The highest BCUT2D eigenvalue weighted by atomic mass is 32.2. The van der Waals surface area contributed by atoms with Crippen LogP contribution in [0.3, 0.4) is 0 Å². The number of likely N-dealkylation sites (tertiary alicyclic amines) is 1. The van der Waals surface area contributed by atoms with Crippen molar-refractivity contribution in [1.82, 2.24) is 10.2 Å². The van der Waals surface area contributed by atoms with Gasteiger partial charge in [-0.1, -0.05) is 0 Å². The highest BCUT2D eigenvalue weighted by Crippen LogP contribution is 2.33. The molecule has 0 unspecified atom stereocenters. The summed E-state index contributed by atoms with van der Waals surface area (Å²) >= 11 is 3.69. The van der Waals surface area contributed by atoms with Crippen LogP contribution < -0.4 is 5.32 Å². The number of thioether (sulfide) groups is 1. The van der Waals surface area contributed by atoms with Crippen molar-refractivity contribution < 1.29 is 9.53 Å². The summed E-state index contributed by atoms with van der Waals surface area (Å²) in [5.41, 5.74) is 0. The molecule has 4 nitrogen and oxygen atoms in total. The summed E-state index contributed by atoms with van der Waals surface area (Å²) in [7, 11) is 0. The number of piperidine rings is 1. The van der Waals surface area contributed by atoms with E-state index >= 15 is 0 Å². The number of rotatable bonds is 4. The van der Waals surface area contributed by atoms with E-state index in [1.54, 1.807) is 11.3 Å². The standard InChI is InChI=1S/C19H28N2O2S2/c22-19(18-4-3-17(25-18)16-2-1-11-23-16)20-14-5-9-21(10-6-14)15-7-12-24-13-8-15/h3-4,14-16H,1-2,5-13H2,(H,20,22)/t16-/m1/s1. The fraction of sp³-hybridized carbons (Fsp3) is 0.737. The third kappa shape index (κ3) is 4.41. The van der Waals surface area contributed by atoms with Crippen molar-refractivity contribution in [2.45, 2.75) is 56.7 Å². The minimum absolute atomic E-state index is 0.0989. The van der Waals surface area contributed by atoms with Gasteiger partial charge in [0.25, 0.3) is 5.91 Å². The molecule has 3 aliphatic rings. The Morgan fingerprint density at radius 3 is 2.64 bits per heavy atom. The van der Waals surface area contributed by atoms with Crippen molar-refractivity contribution >= 4 is 29.0 Å². The topological polar surface area (TPSA) is 41.6 Å². The molecule has 0 radical (unpaired) electrons. The van der Waals surface area contributed by atoms with Gasteiger partial charge in [0.1, 0.15) is 0 Å². The first-order valence-electron chi connectivity index (χ1n) is 9.63. The highest BCUT2D eigenvalue weighted by Gasteiger charge is 2.27. The summed E-state index contributed by atoms with van der Waals surface area (Å²) in [5, 5.41) is 3.26. The smallest absolute Gasteiger partial charge is 0.261 e. The Hall–Kier alpha value is -0.560. The molecular formula is C19H28N2O2S2. The van der Waals surface area contributed by atoms with Gasteiger partial charge in [-0.2, -0.15) is 11.8 Å². The molecule has 138 valence electrons. The summed E-state index contributed by atoms with van der Waals surface area (Å²) in [6, 6.07) is 5.14. The Bertz CT molecular complexity index is 572. The van der Waals surface area contributed by atoms with Crippen LogP contribution >= 0.6 is 23.1 Å². The molecule has 0 saturated carbocycles. The minimum atomic E-state index is 0.0989. The van der Waals surface area contributed by atoms with Gasteiger partial charge in [0.2, 0.25) is 0 Å². The number of hydrogen-bond donors (Lipinski definition) is 1. The SMILES string of the molecule is O=C(NC1CCN(C2CCSCC2)CC1)c1ccc([C@H]2CCCO2)s1. The summed E-state index contributed by atoms with van der Waals surface area (Å²) in [6.45, 7) is 3.11. The van der Waals surface area contributed by atoms with Gasteiger partial charge in [-0.25, -0.2) is 0 Å². The summed E-state index contributed by atoms with van der Waals surface area (Å²) in [4.78, 5) is 17.3. The van der Waals surface area contributed by atoms with Crippen molar-refractivity contribution in [2.75, 3.05) is 31.2 Å². The number of hydrogen-bond acceptors (Lipinski definition) is 5. The van der Waals surface area contributed by atoms with Crippen LogP contribution in [-0.4, -0.2) is 54.1 Å². The first kappa shape index (κ1) is 17.8. The van der Waals surface area contributed by atoms with E-state index in [-0.39, 0.29) is 12.0 Å². The molecule has 3 saturated heterocycles. The van der Waals surface area contributed by atoms with Gasteiger partial charge in [-0.05, 0) is 62.2 Å². The number of nitrogens with one attached hydrogen (secondary N) is 1. The van der Waals surface area contributed by atoms with Crippen LogP contribution in [0.4, 0.5) is 0 Å². The van der Waals surface area contributed by atoms with Gasteiger partial charge < -0.3 is 15.0 Å². The predicted molar refractivity (Wildman–Crippen MR) is 105 cm³/mol. The molecule has 3 fully saturated rings. The van der Waals surface area contributed by atoms with Crippen LogP contribution in [0, 0.1) is 0 Å². The number of carbonyl (C=O) groups is 1. The molecular weight excluding hydrogens is 352 g/mol. The lowest BCUT2D eigenvalue weighted by Gasteiger charge is -2.39. The largest absolute Gasteiger partial charge is 0.373 e. The van der Waals surface area contributed by atoms with E-state index < -0.39 is 0 Å². The molecule has 0 aromatic carbocycles.